The van der Waals surface area contributed by atoms with Crippen molar-refractivity contribution in [3.8, 4) is 0 Å². The molecule has 0 aliphatic rings. The number of nitrogens with zero attached hydrogens (tertiary/aromatic N) is 3. The molecule has 2 rings (SSSR count). The molecule has 6 heteroatoms. The fourth-order valence-corrected chi connectivity index (χ4v) is 2.11. The molecule has 0 bridgehead atoms. The normalized spacial score (nSPS) is 10.6. The second kappa shape index (κ2) is 5.32. The van der Waals surface area contributed by atoms with Gasteiger partial charge in [-0.2, -0.15) is 5.10 Å². The van der Waals surface area contributed by atoms with Crippen molar-refractivity contribution < 1.29 is 4.79 Å². The van der Waals surface area contributed by atoms with Crippen LogP contribution in [-0.2, 0) is 25.3 Å². The lowest BCUT2D eigenvalue weighted by molar-refractivity contribution is -0.115. The molecule has 0 aliphatic carbocycles. The molecule has 0 spiro atoms. The first-order valence-electron chi connectivity index (χ1n) is 6.34. The Labute approximate surface area is 117 Å². The predicted molar refractivity (Wildman–Crippen MR) is 76.7 cm³/mol. The van der Waals surface area contributed by atoms with Crippen molar-refractivity contribution in [1.82, 2.24) is 14.3 Å². The number of carbonyl (C=O) groups is 1. The molecule has 0 fully saturated rings. The summed E-state index contributed by atoms with van der Waals surface area (Å²) in [5.74, 6) is -0.122. The molecule has 0 saturated heterocycles. The molecular formula is C14H18N4O2. The highest BCUT2D eigenvalue weighted by Crippen LogP contribution is 2.13. The molecule has 0 unspecified atom stereocenters. The molecule has 2 aromatic rings. The van der Waals surface area contributed by atoms with E-state index >= 15 is 0 Å². The van der Waals surface area contributed by atoms with Crippen LogP contribution < -0.4 is 10.9 Å². The van der Waals surface area contributed by atoms with Crippen LogP contribution >= 0.6 is 0 Å². The summed E-state index contributed by atoms with van der Waals surface area (Å²) >= 11 is 0. The number of pyridine rings is 1. The third-order valence-electron chi connectivity index (χ3n) is 3.37. The van der Waals surface area contributed by atoms with Crippen LogP contribution in [0.3, 0.4) is 0 Å². The number of aromatic nitrogens is 3. The maximum Gasteiger partial charge on any atom is 0.250 e. The van der Waals surface area contributed by atoms with E-state index in [9.17, 15) is 9.59 Å². The number of hydrogen-bond acceptors (Lipinski definition) is 3. The molecule has 0 aromatic carbocycles. The van der Waals surface area contributed by atoms with E-state index in [1.807, 2.05) is 20.9 Å². The van der Waals surface area contributed by atoms with Gasteiger partial charge < -0.3 is 9.88 Å². The zero-order chi connectivity index (χ0) is 14.9. The zero-order valence-corrected chi connectivity index (χ0v) is 12.1. The van der Waals surface area contributed by atoms with Crippen LogP contribution in [0.4, 0.5) is 5.69 Å². The van der Waals surface area contributed by atoms with Crippen molar-refractivity contribution in [3.63, 3.8) is 0 Å². The van der Waals surface area contributed by atoms with Gasteiger partial charge in [-0.15, -0.1) is 0 Å². The van der Waals surface area contributed by atoms with Crippen molar-refractivity contribution in [1.29, 1.82) is 0 Å². The number of aryl methyl sites for hydroxylation is 3. The molecular weight excluding hydrogens is 256 g/mol. The lowest BCUT2D eigenvalue weighted by Crippen LogP contribution is -2.19. The standard InChI is InChI=1S/C14H18N4O2/c1-9-12(10(2)18(4)16-9)7-13(19)15-11-5-6-14(20)17(3)8-11/h5-6,8H,7H2,1-4H3,(H,15,19). The Balaban J connectivity index is 2.13. The number of anilines is 1. The molecule has 0 radical (unpaired) electrons. The van der Waals surface area contributed by atoms with Crippen LogP contribution in [0.25, 0.3) is 0 Å². The van der Waals surface area contributed by atoms with E-state index in [1.54, 1.807) is 24.0 Å². The van der Waals surface area contributed by atoms with Gasteiger partial charge in [-0.3, -0.25) is 14.3 Å². The Bertz CT molecular complexity index is 712. The third kappa shape index (κ3) is 2.79. The average Bonchev–Trinajstić information content (AvgIpc) is 2.61. The minimum Gasteiger partial charge on any atom is -0.324 e. The van der Waals surface area contributed by atoms with Gasteiger partial charge in [0.1, 0.15) is 0 Å². The van der Waals surface area contributed by atoms with E-state index in [4.69, 9.17) is 0 Å². The van der Waals surface area contributed by atoms with Crippen molar-refractivity contribution in [2.75, 3.05) is 5.32 Å². The highest BCUT2D eigenvalue weighted by Gasteiger charge is 2.13. The van der Waals surface area contributed by atoms with Crippen LogP contribution in [0.2, 0.25) is 0 Å². The molecule has 1 amide bonds. The van der Waals surface area contributed by atoms with Gasteiger partial charge in [0.15, 0.2) is 0 Å². The molecule has 0 saturated carbocycles. The molecule has 2 heterocycles. The second-order valence-corrected chi connectivity index (χ2v) is 4.86. The van der Waals surface area contributed by atoms with Gasteiger partial charge >= 0.3 is 0 Å². The van der Waals surface area contributed by atoms with E-state index in [1.165, 1.54) is 10.6 Å². The third-order valence-corrected chi connectivity index (χ3v) is 3.37. The molecule has 0 aliphatic heterocycles. The van der Waals surface area contributed by atoms with Crippen molar-refractivity contribution in [2.45, 2.75) is 20.3 Å². The quantitative estimate of drug-likeness (QED) is 0.904. The van der Waals surface area contributed by atoms with Crippen molar-refractivity contribution >= 4 is 11.6 Å². The highest BCUT2D eigenvalue weighted by atomic mass is 16.1. The monoisotopic (exact) mass is 274 g/mol. The summed E-state index contributed by atoms with van der Waals surface area (Å²) in [5.41, 5.74) is 3.28. The SMILES string of the molecule is Cc1nn(C)c(C)c1CC(=O)Nc1ccc(=O)n(C)c1. The topological polar surface area (TPSA) is 68.9 Å². The number of carbonyl (C=O) groups excluding carboxylic acids is 1. The molecule has 6 nitrogen and oxygen atoms in total. The Morgan fingerprint density at radius 3 is 2.55 bits per heavy atom. The van der Waals surface area contributed by atoms with E-state index in [2.05, 4.69) is 10.4 Å². The summed E-state index contributed by atoms with van der Waals surface area (Å²) in [6.45, 7) is 3.83. The fourth-order valence-electron chi connectivity index (χ4n) is 2.11. The van der Waals surface area contributed by atoms with Gasteiger partial charge in [-0.1, -0.05) is 0 Å². The van der Waals surface area contributed by atoms with Crippen LogP contribution in [-0.4, -0.2) is 20.3 Å². The summed E-state index contributed by atoms with van der Waals surface area (Å²) in [4.78, 5) is 23.3. The van der Waals surface area contributed by atoms with E-state index in [0.29, 0.717) is 5.69 Å². The highest BCUT2D eigenvalue weighted by molar-refractivity contribution is 5.92. The minimum absolute atomic E-state index is 0.109. The smallest absolute Gasteiger partial charge is 0.250 e. The van der Waals surface area contributed by atoms with Crippen molar-refractivity contribution in [2.24, 2.45) is 14.1 Å². The Kier molecular flexibility index (Phi) is 3.74. The van der Waals surface area contributed by atoms with Crippen LogP contribution in [0, 0.1) is 13.8 Å². The second-order valence-electron chi connectivity index (χ2n) is 4.86. The number of hydrogen-bond donors (Lipinski definition) is 1. The number of amides is 1. The Morgan fingerprint density at radius 2 is 2.00 bits per heavy atom. The van der Waals surface area contributed by atoms with Crippen LogP contribution in [0.5, 0.6) is 0 Å². The molecule has 1 N–H and O–H groups in total. The van der Waals surface area contributed by atoms with Gasteiger partial charge in [0.05, 0.1) is 17.8 Å². The van der Waals surface area contributed by atoms with E-state index in [-0.39, 0.29) is 17.9 Å². The minimum atomic E-state index is -0.122. The first-order chi connectivity index (χ1) is 9.38. The predicted octanol–water partition coefficient (Wildman–Crippen LogP) is 0.917. The first-order valence-corrected chi connectivity index (χ1v) is 6.34. The number of nitrogens with one attached hydrogen (secondary N) is 1. The average molecular weight is 274 g/mol. The van der Waals surface area contributed by atoms with Crippen molar-refractivity contribution in [3.05, 3.63) is 45.6 Å². The summed E-state index contributed by atoms with van der Waals surface area (Å²) < 4.78 is 3.19. The molecule has 106 valence electrons. The van der Waals surface area contributed by atoms with Gasteiger partial charge in [0, 0.05) is 37.6 Å². The van der Waals surface area contributed by atoms with Gasteiger partial charge in [-0.05, 0) is 19.9 Å². The van der Waals surface area contributed by atoms with E-state index in [0.717, 1.165) is 17.0 Å². The maximum atomic E-state index is 12.1. The first kappa shape index (κ1) is 14.0. The maximum absolute atomic E-state index is 12.1. The Hall–Kier alpha value is -2.37. The summed E-state index contributed by atoms with van der Waals surface area (Å²) in [5, 5.41) is 7.07. The Morgan fingerprint density at radius 1 is 1.30 bits per heavy atom. The molecule has 2 aromatic heterocycles. The zero-order valence-electron chi connectivity index (χ0n) is 12.1. The van der Waals surface area contributed by atoms with Gasteiger partial charge in [-0.25, -0.2) is 0 Å². The lowest BCUT2D eigenvalue weighted by atomic mass is 10.1. The van der Waals surface area contributed by atoms with Gasteiger partial charge in [0.25, 0.3) is 0 Å². The molecule has 0 atom stereocenters. The van der Waals surface area contributed by atoms with Crippen LogP contribution in [0.1, 0.15) is 17.0 Å². The molecule has 20 heavy (non-hydrogen) atoms. The van der Waals surface area contributed by atoms with Gasteiger partial charge in [0.2, 0.25) is 11.5 Å². The summed E-state index contributed by atoms with van der Waals surface area (Å²) in [6, 6.07) is 3.03. The van der Waals surface area contributed by atoms with E-state index < -0.39 is 0 Å². The van der Waals surface area contributed by atoms with Crippen LogP contribution in [0.15, 0.2) is 23.1 Å². The summed E-state index contributed by atoms with van der Waals surface area (Å²) in [7, 11) is 3.50. The lowest BCUT2D eigenvalue weighted by Gasteiger charge is -2.07. The fraction of sp³-hybridized carbons (Fsp3) is 0.357. The number of rotatable bonds is 3. The summed E-state index contributed by atoms with van der Waals surface area (Å²) in [6.07, 6.45) is 1.87. The largest absolute Gasteiger partial charge is 0.324 e.